The van der Waals surface area contributed by atoms with Gasteiger partial charge in [0.2, 0.25) is 5.91 Å². The van der Waals surface area contributed by atoms with E-state index in [4.69, 9.17) is 5.73 Å². The summed E-state index contributed by atoms with van der Waals surface area (Å²) in [6.45, 7) is 4.63. The number of carbonyl (C=O) groups excluding carboxylic acids is 1. The van der Waals surface area contributed by atoms with Crippen LogP contribution in [0.1, 0.15) is 30.5 Å². The molecule has 0 saturated heterocycles. The summed E-state index contributed by atoms with van der Waals surface area (Å²) in [7, 11) is 0. The first kappa shape index (κ1) is 17.5. The largest absolute Gasteiger partial charge is 0.330 e. The van der Waals surface area contributed by atoms with Crippen molar-refractivity contribution in [2.45, 2.75) is 42.3 Å². The Morgan fingerprint density at radius 1 is 1.42 bits per heavy atom. The Morgan fingerprint density at radius 2 is 2.25 bits per heavy atom. The number of aryl methyl sites for hydroxylation is 2. The summed E-state index contributed by atoms with van der Waals surface area (Å²) in [6, 6.07) is 6.13. The van der Waals surface area contributed by atoms with Gasteiger partial charge in [-0.3, -0.25) is 4.79 Å². The molecule has 0 bridgehead atoms. The van der Waals surface area contributed by atoms with Gasteiger partial charge in [0.05, 0.1) is 0 Å². The highest BCUT2D eigenvalue weighted by Crippen LogP contribution is 2.34. The first-order valence-corrected chi connectivity index (χ1v) is 9.98. The molecule has 24 heavy (non-hydrogen) atoms. The van der Waals surface area contributed by atoms with Gasteiger partial charge in [-0.25, -0.2) is 4.98 Å². The molecule has 128 valence electrons. The maximum atomic E-state index is 12.5. The van der Waals surface area contributed by atoms with E-state index in [1.54, 1.807) is 23.1 Å². The summed E-state index contributed by atoms with van der Waals surface area (Å²) >= 11 is 3.31. The fourth-order valence-corrected chi connectivity index (χ4v) is 5.12. The number of amides is 1. The summed E-state index contributed by atoms with van der Waals surface area (Å²) in [6.07, 6.45) is 3.11. The quantitative estimate of drug-likeness (QED) is 0.836. The van der Waals surface area contributed by atoms with Gasteiger partial charge in [-0.2, -0.15) is 0 Å². The maximum absolute atomic E-state index is 12.5. The van der Waals surface area contributed by atoms with Crippen LogP contribution >= 0.6 is 23.1 Å². The van der Waals surface area contributed by atoms with Gasteiger partial charge < -0.3 is 11.1 Å². The Kier molecular flexibility index (Phi) is 5.58. The van der Waals surface area contributed by atoms with E-state index in [9.17, 15) is 4.79 Å². The molecule has 0 spiro atoms. The fourth-order valence-electron chi connectivity index (χ4n) is 3.21. The topological polar surface area (TPSA) is 68.0 Å². The standard InChI is InChI=1S/C18H23N3OS2/c1-11-8-14(24-18-20-12(2)10-23-18)6-7-16(11)21-17(22)15-5-3-4-13(15)9-19/h6-8,10,13,15H,3-5,9,19H2,1-2H3,(H,21,22)/t13-,15-/m1/s1. The van der Waals surface area contributed by atoms with Gasteiger partial charge in [-0.05, 0) is 62.9 Å². The maximum Gasteiger partial charge on any atom is 0.227 e. The van der Waals surface area contributed by atoms with Gasteiger partial charge in [0.25, 0.3) is 0 Å². The van der Waals surface area contributed by atoms with Crippen molar-refractivity contribution in [1.29, 1.82) is 0 Å². The van der Waals surface area contributed by atoms with Crippen molar-refractivity contribution in [2.24, 2.45) is 17.6 Å². The first-order chi connectivity index (χ1) is 11.6. The van der Waals surface area contributed by atoms with E-state index in [0.29, 0.717) is 12.5 Å². The summed E-state index contributed by atoms with van der Waals surface area (Å²) in [5.74, 6) is 0.497. The third-order valence-corrected chi connectivity index (χ3v) is 6.60. The van der Waals surface area contributed by atoms with Gasteiger partial charge in [-0.15, -0.1) is 11.3 Å². The smallest absolute Gasteiger partial charge is 0.227 e. The van der Waals surface area contributed by atoms with E-state index in [0.717, 1.165) is 45.4 Å². The van der Waals surface area contributed by atoms with Gasteiger partial charge in [0.1, 0.15) is 0 Å². The Balaban J connectivity index is 1.67. The van der Waals surface area contributed by atoms with Crippen molar-refractivity contribution in [1.82, 2.24) is 4.98 Å². The average Bonchev–Trinajstić information content (AvgIpc) is 3.18. The monoisotopic (exact) mass is 361 g/mol. The minimum atomic E-state index is 0.0572. The summed E-state index contributed by atoms with van der Waals surface area (Å²) in [5.41, 5.74) is 8.81. The number of nitrogens with one attached hydrogen (secondary N) is 1. The zero-order chi connectivity index (χ0) is 17.1. The molecule has 1 heterocycles. The number of nitrogens with zero attached hydrogens (tertiary/aromatic N) is 1. The number of hydrogen-bond acceptors (Lipinski definition) is 5. The third kappa shape index (κ3) is 3.99. The van der Waals surface area contributed by atoms with E-state index >= 15 is 0 Å². The van der Waals surface area contributed by atoms with Crippen LogP contribution in [0, 0.1) is 25.7 Å². The predicted octanol–water partition coefficient (Wildman–Crippen LogP) is 4.22. The number of hydrogen-bond donors (Lipinski definition) is 2. The van der Waals surface area contributed by atoms with E-state index in [1.165, 1.54) is 0 Å². The van der Waals surface area contributed by atoms with Gasteiger partial charge >= 0.3 is 0 Å². The summed E-state index contributed by atoms with van der Waals surface area (Å²) in [4.78, 5) is 18.2. The molecule has 1 aliphatic rings. The van der Waals surface area contributed by atoms with E-state index in [2.05, 4.69) is 21.7 Å². The fraction of sp³-hybridized carbons (Fsp3) is 0.444. The normalized spacial score (nSPS) is 20.3. The minimum Gasteiger partial charge on any atom is -0.330 e. The molecule has 3 N–H and O–H groups in total. The number of carbonyl (C=O) groups is 1. The molecule has 2 atom stereocenters. The highest BCUT2D eigenvalue weighted by Gasteiger charge is 2.32. The van der Waals surface area contributed by atoms with Crippen molar-refractivity contribution in [2.75, 3.05) is 11.9 Å². The summed E-state index contributed by atoms with van der Waals surface area (Å²) < 4.78 is 1.04. The predicted molar refractivity (Wildman–Crippen MR) is 101 cm³/mol. The number of rotatable bonds is 5. The summed E-state index contributed by atoms with van der Waals surface area (Å²) in [5, 5.41) is 5.15. The van der Waals surface area contributed by atoms with Gasteiger partial charge in [0, 0.05) is 27.6 Å². The molecule has 0 unspecified atom stereocenters. The zero-order valence-electron chi connectivity index (χ0n) is 14.0. The molecule has 6 heteroatoms. The lowest BCUT2D eigenvalue weighted by molar-refractivity contribution is -0.120. The Labute approximate surface area is 151 Å². The molecule has 0 radical (unpaired) electrons. The van der Waals surface area contributed by atoms with Crippen LogP contribution in [0.3, 0.4) is 0 Å². The van der Waals surface area contributed by atoms with Crippen LogP contribution in [0.4, 0.5) is 5.69 Å². The molecule has 1 aromatic carbocycles. The molecule has 1 amide bonds. The SMILES string of the molecule is Cc1csc(Sc2ccc(NC(=O)[C@@H]3CCC[C@@H]3CN)c(C)c2)n1. The number of aromatic nitrogens is 1. The van der Waals surface area contributed by atoms with Crippen LogP contribution in [0.25, 0.3) is 0 Å². The molecule has 1 aromatic heterocycles. The zero-order valence-corrected chi connectivity index (χ0v) is 15.7. The van der Waals surface area contributed by atoms with E-state index in [-0.39, 0.29) is 11.8 Å². The van der Waals surface area contributed by atoms with Gasteiger partial charge in [0.15, 0.2) is 4.34 Å². The molecular weight excluding hydrogens is 338 g/mol. The highest BCUT2D eigenvalue weighted by molar-refractivity contribution is 8.01. The molecular formula is C18H23N3OS2. The Bertz CT molecular complexity index is 729. The second kappa shape index (κ2) is 7.68. The van der Waals surface area contributed by atoms with Crippen LogP contribution in [0.15, 0.2) is 32.8 Å². The molecule has 1 saturated carbocycles. The molecule has 2 aromatic rings. The van der Waals surface area contributed by atoms with Crippen molar-refractivity contribution in [3.8, 4) is 0 Å². The highest BCUT2D eigenvalue weighted by atomic mass is 32.2. The van der Waals surface area contributed by atoms with Gasteiger partial charge in [-0.1, -0.05) is 18.2 Å². The molecule has 0 aliphatic heterocycles. The molecule has 1 aliphatic carbocycles. The van der Waals surface area contributed by atoms with Crippen molar-refractivity contribution < 1.29 is 4.79 Å². The van der Waals surface area contributed by atoms with Crippen molar-refractivity contribution in [3.63, 3.8) is 0 Å². The Morgan fingerprint density at radius 3 is 2.92 bits per heavy atom. The second-order valence-corrected chi connectivity index (χ2v) is 8.53. The van der Waals surface area contributed by atoms with Crippen LogP contribution < -0.4 is 11.1 Å². The lowest BCUT2D eigenvalue weighted by Gasteiger charge is -2.18. The Hall–Kier alpha value is -1.37. The van der Waals surface area contributed by atoms with Crippen LogP contribution in [-0.2, 0) is 4.79 Å². The van der Waals surface area contributed by atoms with E-state index < -0.39 is 0 Å². The first-order valence-electron chi connectivity index (χ1n) is 8.28. The average molecular weight is 362 g/mol. The second-order valence-electron chi connectivity index (χ2n) is 6.36. The van der Waals surface area contributed by atoms with E-state index in [1.807, 2.05) is 26.0 Å². The molecule has 4 nitrogen and oxygen atoms in total. The number of thiazole rings is 1. The molecule has 3 rings (SSSR count). The lowest BCUT2D eigenvalue weighted by Crippen LogP contribution is -2.29. The van der Waals surface area contributed by atoms with Crippen LogP contribution in [0.2, 0.25) is 0 Å². The minimum absolute atomic E-state index is 0.0572. The lowest BCUT2D eigenvalue weighted by atomic mass is 9.95. The van der Waals surface area contributed by atoms with Crippen molar-refractivity contribution >= 4 is 34.7 Å². The number of anilines is 1. The number of nitrogens with two attached hydrogens (primary N) is 1. The van der Waals surface area contributed by atoms with Crippen molar-refractivity contribution in [3.05, 3.63) is 34.8 Å². The number of benzene rings is 1. The van der Waals surface area contributed by atoms with Crippen LogP contribution in [-0.4, -0.2) is 17.4 Å². The third-order valence-electron chi connectivity index (χ3n) is 4.56. The van der Waals surface area contributed by atoms with Crippen LogP contribution in [0.5, 0.6) is 0 Å². The molecule has 1 fully saturated rings.